The third-order valence-electron chi connectivity index (χ3n) is 7.92. The largest absolute Gasteiger partial charge is 0.356 e. The number of benzene rings is 2. The van der Waals surface area contributed by atoms with Crippen molar-refractivity contribution in [3.05, 3.63) is 113 Å². The van der Waals surface area contributed by atoms with Gasteiger partial charge in [-0.3, -0.25) is 14.7 Å². The van der Waals surface area contributed by atoms with E-state index in [4.69, 9.17) is 9.51 Å². The molecule has 0 bridgehead atoms. The normalized spacial score (nSPS) is 14.1. The number of piperazine rings is 1. The SMILES string of the molecule is Cc1ccc(NC(=O)c2ccc(CN3CCN(C)CC3)cc2)cc1Cc1nccc(-c2cncc(-c3oncc3C)c2)n1. The Balaban J connectivity index is 1.13. The highest BCUT2D eigenvalue weighted by molar-refractivity contribution is 6.04. The molecular formula is C34H35N7O2. The molecule has 6 rings (SSSR count). The first-order valence-corrected chi connectivity index (χ1v) is 14.5. The second-order valence-electron chi connectivity index (χ2n) is 11.2. The summed E-state index contributed by atoms with van der Waals surface area (Å²) in [6, 6.07) is 17.7. The average Bonchev–Trinajstić information content (AvgIpc) is 3.46. The van der Waals surface area contributed by atoms with Crippen LogP contribution < -0.4 is 5.32 Å². The smallest absolute Gasteiger partial charge is 0.255 e. The lowest BCUT2D eigenvalue weighted by Gasteiger charge is -2.32. The van der Waals surface area contributed by atoms with E-state index < -0.39 is 0 Å². The fourth-order valence-corrected chi connectivity index (χ4v) is 5.26. The first kappa shape index (κ1) is 28.4. The van der Waals surface area contributed by atoms with Crippen LogP contribution in [0.1, 0.15) is 38.4 Å². The van der Waals surface area contributed by atoms with Crippen LogP contribution in [0.2, 0.25) is 0 Å². The molecule has 0 radical (unpaired) electrons. The maximum Gasteiger partial charge on any atom is 0.255 e. The van der Waals surface area contributed by atoms with Crippen molar-refractivity contribution >= 4 is 11.6 Å². The summed E-state index contributed by atoms with van der Waals surface area (Å²) < 4.78 is 5.40. The number of carbonyl (C=O) groups excluding carboxylic acids is 1. The van der Waals surface area contributed by atoms with Gasteiger partial charge in [0.2, 0.25) is 0 Å². The number of carbonyl (C=O) groups is 1. The first-order chi connectivity index (χ1) is 20.9. The second-order valence-corrected chi connectivity index (χ2v) is 11.2. The van der Waals surface area contributed by atoms with Gasteiger partial charge in [0.05, 0.1) is 11.9 Å². The zero-order chi connectivity index (χ0) is 29.8. The molecule has 5 aromatic rings. The Kier molecular flexibility index (Phi) is 8.35. The van der Waals surface area contributed by atoms with Crippen molar-refractivity contribution < 1.29 is 9.32 Å². The van der Waals surface area contributed by atoms with E-state index in [0.717, 1.165) is 71.9 Å². The fraction of sp³-hybridized carbons (Fsp3) is 0.265. The van der Waals surface area contributed by atoms with Crippen molar-refractivity contribution in [3.8, 4) is 22.6 Å². The van der Waals surface area contributed by atoms with Crippen LogP contribution in [-0.4, -0.2) is 69.0 Å². The summed E-state index contributed by atoms with van der Waals surface area (Å²) in [5.74, 6) is 1.24. The quantitative estimate of drug-likeness (QED) is 0.263. The third-order valence-corrected chi connectivity index (χ3v) is 7.92. The van der Waals surface area contributed by atoms with Gasteiger partial charge in [-0.05, 0) is 74.0 Å². The number of aryl methyl sites for hydroxylation is 2. The fourth-order valence-electron chi connectivity index (χ4n) is 5.26. The minimum absolute atomic E-state index is 0.131. The number of nitrogens with zero attached hydrogens (tertiary/aromatic N) is 6. The maximum atomic E-state index is 13.1. The van der Waals surface area contributed by atoms with Crippen LogP contribution in [0.3, 0.4) is 0 Å². The molecule has 1 aliphatic heterocycles. The van der Waals surface area contributed by atoms with Gasteiger partial charge in [0, 0.05) is 85.7 Å². The van der Waals surface area contributed by atoms with Gasteiger partial charge < -0.3 is 14.7 Å². The second kappa shape index (κ2) is 12.6. The number of hydrogen-bond acceptors (Lipinski definition) is 8. The molecule has 1 amide bonds. The highest BCUT2D eigenvalue weighted by atomic mass is 16.5. The summed E-state index contributed by atoms with van der Waals surface area (Å²) in [5, 5.41) is 6.94. The summed E-state index contributed by atoms with van der Waals surface area (Å²) >= 11 is 0. The Labute approximate surface area is 251 Å². The Bertz CT molecular complexity index is 1720. The molecule has 1 N–H and O–H groups in total. The summed E-state index contributed by atoms with van der Waals surface area (Å²) in [6.07, 6.45) is 7.51. The molecule has 1 aliphatic rings. The summed E-state index contributed by atoms with van der Waals surface area (Å²) in [4.78, 5) is 31.6. The number of hydrogen-bond donors (Lipinski definition) is 1. The highest BCUT2D eigenvalue weighted by Gasteiger charge is 2.15. The maximum absolute atomic E-state index is 13.1. The minimum Gasteiger partial charge on any atom is -0.356 e. The van der Waals surface area contributed by atoms with Crippen molar-refractivity contribution in [1.29, 1.82) is 0 Å². The van der Waals surface area contributed by atoms with E-state index in [1.807, 2.05) is 49.4 Å². The molecule has 0 unspecified atom stereocenters. The van der Waals surface area contributed by atoms with Crippen LogP contribution in [0.15, 0.2) is 83.9 Å². The van der Waals surface area contributed by atoms with Crippen LogP contribution in [0.4, 0.5) is 5.69 Å². The van der Waals surface area contributed by atoms with Crippen molar-refractivity contribution in [2.24, 2.45) is 0 Å². The van der Waals surface area contributed by atoms with E-state index in [2.05, 4.69) is 56.3 Å². The number of rotatable bonds is 8. The zero-order valence-corrected chi connectivity index (χ0v) is 24.7. The van der Waals surface area contributed by atoms with Crippen LogP contribution in [0, 0.1) is 13.8 Å². The predicted molar refractivity (Wildman–Crippen MR) is 167 cm³/mol. The van der Waals surface area contributed by atoms with Gasteiger partial charge >= 0.3 is 0 Å². The molecule has 3 aromatic heterocycles. The number of aromatic nitrogens is 4. The monoisotopic (exact) mass is 573 g/mol. The summed E-state index contributed by atoms with van der Waals surface area (Å²) in [7, 11) is 2.16. The lowest BCUT2D eigenvalue weighted by molar-refractivity contribution is 0.102. The van der Waals surface area contributed by atoms with E-state index in [1.54, 1.807) is 24.8 Å². The third kappa shape index (κ3) is 6.85. The van der Waals surface area contributed by atoms with Crippen molar-refractivity contribution in [3.63, 3.8) is 0 Å². The van der Waals surface area contributed by atoms with Crippen molar-refractivity contribution in [2.45, 2.75) is 26.8 Å². The molecule has 4 heterocycles. The molecule has 0 saturated carbocycles. The van der Waals surface area contributed by atoms with Crippen LogP contribution >= 0.6 is 0 Å². The number of amides is 1. The standard InChI is InChI=1S/C34H35N7O2/c1-23-4-9-30(38-34(42)26-7-5-25(6-8-26)22-41-14-12-40(3)13-15-41)17-27(23)18-32-36-11-10-31(39-32)28-16-29(21-35-20-28)33-24(2)19-37-43-33/h4-11,16-17,19-21H,12-15,18,22H2,1-3H3,(H,38,42). The Hall–Kier alpha value is -4.73. The number of anilines is 1. The molecule has 9 heteroatoms. The van der Waals surface area contributed by atoms with Gasteiger partial charge in [-0.15, -0.1) is 0 Å². The minimum atomic E-state index is -0.131. The van der Waals surface area contributed by atoms with E-state index in [-0.39, 0.29) is 5.91 Å². The Morgan fingerprint density at radius 1 is 0.907 bits per heavy atom. The van der Waals surface area contributed by atoms with Crippen LogP contribution in [0.5, 0.6) is 0 Å². The molecule has 0 atom stereocenters. The van der Waals surface area contributed by atoms with Gasteiger partial charge in [0.1, 0.15) is 5.82 Å². The number of nitrogens with one attached hydrogen (secondary N) is 1. The molecule has 9 nitrogen and oxygen atoms in total. The zero-order valence-electron chi connectivity index (χ0n) is 24.7. The number of likely N-dealkylation sites (N-methyl/N-ethyl adjacent to an activating group) is 1. The molecule has 0 spiro atoms. The molecule has 1 saturated heterocycles. The van der Waals surface area contributed by atoms with Gasteiger partial charge in [-0.25, -0.2) is 9.97 Å². The van der Waals surface area contributed by atoms with Gasteiger partial charge in [0.25, 0.3) is 5.91 Å². The van der Waals surface area contributed by atoms with E-state index in [1.165, 1.54) is 5.56 Å². The average molecular weight is 574 g/mol. The topological polar surface area (TPSA) is 100 Å². The van der Waals surface area contributed by atoms with Gasteiger partial charge in [-0.1, -0.05) is 23.4 Å². The molecule has 1 fully saturated rings. The number of pyridine rings is 1. The van der Waals surface area contributed by atoms with E-state index in [0.29, 0.717) is 23.6 Å². The van der Waals surface area contributed by atoms with Crippen LogP contribution in [-0.2, 0) is 13.0 Å². The van der Waals surface area contributed by atoms with E-state index in [9.17, 15) is 4.79 Å². The Morgan fingerprint density at radius 2 is 1.70 bits per heavy atom. The Morgan fingerprint density at radius 3 is 2.47 bits per heavy atom. The first-order valence-electron chi connectivity index (χ1n) is 14.5. The molecule has 0 aliphatic carbocycles. The molecule has 2 aromatic carbocycles. The highest BCUT2D eigenvalue weighted by Crippen LogP contribution is 2.27. The lowest BCUT2D eigenvalue weighted by Crippen LogP contribution is -2.43. The van der Waals surface area contributed by atoms with Crippen LogP contribution in [0.25, 0.3) is 22.6 Å². The molecule has 218 valence electrons. The summed E-state index contributed by atoms with van der Waals surface area (Å²) in [5.41, 5.74) is 8.17. The predicted octanol–water partition coefficient (Wildman–Crippen LogP) is 5.40. The lowest BCUT2D eigenvalue weighted by atomic mass is 10.0. The summed E-state index contributed by atoms with van der Waals surface area (Å²) in [6.45, 7) is 9.22. The van der Waals surface area contributed by atoms with Crippen molar-refractivity contribution in [2.75, 3.05) is 38.5 Å². The van der Waals surface area contributed by atoms with Crippen molar-refractivity contribution in [1.82, 2.24) is 29.9 Å². The van der Waals surface area contributed by atoms with Gasteiger partial charge in [0.15, 0.2) is 5.76 Å². The molecule has 43 heavy (non-hydrogen) atoms. The van der Waals surface area contributed by atoms with Gasteiger partial charge in [-0.2, -0.15) is 0 Å². The van der Waals surface area contributed by atoms with E-state index >= 15 is 0 Å². The molecular weight excluding hydrogens is 538 g/mol.